The summed E-state index contributed by atoms with van der Waals surface area (Å²) in [6, 6.07) is 0. The fourth-order valence-electron chi connectivity index (χ4n) is 8.76. The van der Waals surface area contributed by atoms with Crippen LogP contribution in [0.4, 0.5) is 0 Å². The first-order valence-corrected chi connectivity index (χ1v) is 13.0. The van der Waals surface area contributed by atoms with Gasteiger partial charge in [-0.05, 0) is 79.1 Å². The molecule has 0 amide bonds. The number of aliphatic hydroxyl groups is 2. The zero-order chi connectivity index (χ0) is 22.4. The Labute approximate surface area is 189 Å². The SMILES string of the molecule is CC(C)[C@@H](C)/C=C/[C@@H](C)[C@H]1CC[C@H]2C3=C[C@H](O)[C@@]45C[C@@H](O)CC[C@]4(C)[C@]3(CC[C@]12C)O5. The van der Waals surface area contributed by atoms with Gasteiger partial charge in [-0.25, -0.2) is 0 Å². The van der Waals surface area contributed by atoms with E-state index in [4.69, 9.17) is 4.74 Å². The van der Waals surface area contributed by atoms with Crippen LogP contribution in [0.15, 0.2) is 23.8 Å². The molecular formula is C28H44O3. The van der Waals surface area contributed by atoms with E-state index in [1.54, 1.807) is 0 Å². The number of ether oxygens (including phenoxy) is 1. The average molecular weight is 429 g/mol. The van der Waals surface area contributed by atoms with E-state index in [0.29, 0.717) is 36.0 Å². The van der Waals surface area contributed by atoms with Crippen LogP contribution < -0.4 is 0 Å². The molecule has 31 heavy (non-hydrogen) atoms. The number of hydrogen-bond donors (Lipinski definition) is 2. The molecule has 6 rings (SSSR count). The standard InChI is InChI=1S/C28H44O3/c1-17(2)18(3)7-8-19(4)21-9-10-22-23-15-24(30)28-16-20(29)11-12-26(28,6)27(23,31-28)14-13-25(21,22)5/h7-8,15,17-22,24,29-30H,9-14,16H2,1-6H3/b8-7+/t18-,19+,20-,21+,22-,24-,25+,26+,27+,28-/m0/s1. The van der Waals surface area contributed by atoms with E-state index in [-0.39, 0.29) is 22.5 Å². The molecule has 10 atom stereocenters. The summed E-state index contributed by atoms with van der Waals surface area (Å²) in [6.07, 6.45) is 13.3. The number of fused-ring (bicyclic) bond motifs is 2. The fourth-order valence-corrected chi connectivity index (χ4v) is 8.76. The summed E-state index contributed by atoms with van der Waals surface area (Å²) in [5, 5.41) is 21.6. The molecule has 0 aromatic rings. The maximum Gasteiger partial charge on any atom is 0.110 e. The molecule has 2 aliphatic heterocycles. The van der Waals surface area contributed by atoms with Crippen LogP contribution in [0.1, 0.15) is 86.5 Å². The third-order valence-electron chi connectivity index (χ3n) is 11.2. The van der Waals surface area contributed by atoms with Crippen molar-refractivity contribution in [2.45, 2.75) is 110 Å². The maximum atomic E-state index is 11.3. The van der Waals surface area contributed by atoms with Crippen molar-refractivity contribution in [1.29, 1.82) is 0 Å². The molecule has 4 aliphatic carbocycles. The van der Waals surface area contributed by atoms with Gasteiger partial charge in [-0.3, -0.25) is 0 Å². The highest BCUT2D eigenvalue weighted by atomic mass is 16.6. The van der Waals surface area contributed by atoms with Crippen molar-refractivity contribution < 1.29 is 14.9 Å². The zero-order valence-electron chi connectivity index (χ0n) is 20.5. The van der Waals surface area contributed by atoms with Crippen LogP contribution in [-0.4, -0.2) is 33.6 Å². The Balaban J connectivity index is 1.44. The monoisotopic (exact) mass is 428 g/mol. The minimum absolute atomic E-state index is 0.0413. The minimum Gasteiger partial charge on any atom is -0.393 e. The summed E-state index contributed by atoms with van der Waals surface area (Å²) in [5.41, 5.74) is 0.897. The molecule has 2 spiro atoms. The molecule has 1 saturated heterocycles. The van der Waals surface area contributed by atoms with Crippen molar-refractivity contribution >= 4 is 0 Å². The maximum absolute atomic E-state index is 11.3. The first-order valence-electron chi connectivity index (χ1n) is 13.0. The van der Waals surface area contributed by atoms with Gasteiger partial charge in [0.25, 0.3) is 0 Å². The highest BCUT2D eigenvalue weighted by Crippen LogP contribution is 2.77. The average Bonchev–Trinajstić information content (AvgIpc) is 3.07. The normalized spacial score (nSPS) is 52.7. The molecule has 174 valence electrons. The molecule has 0 aromatic carbocycles. The van der Waals surface area contributed by atoms with Crippen molar-refractivity contribution in [3.63, 3.8) is 0 Å². The quantitative estimate of drug-likeness (QED) is 0.568. The highest BCUT2D eigenvalue weighted by molar-refractivity contribution is 5.46. The van der Waals surface area contributed by atoms with Crippen molar-refractivity contribution in [2.75, 3.05) is 0 Å². The van der Waals surface area contributed by atoms with Crippen LogP contribution in [0.25, 0.3) is 0 Å². The van der Waals surface area contributed by atoms with E-state index >= 15 is 0 Å². The number of hydrogen-bond acceptors (Lipinski definition) is 3. The Morgan fingerprint density at radius 2 is 1.74 bits per heavy atom. The number of allylic oxidation sites excluding steroid dienone is 2. The van der Waals surface area contributed by atoms with Crippen LogP contribution in [0, 0.1) is 40.4 Å². The second-order valence-electron chi connectivity index (χ2n) is 12.7. The Bertz CT molecular complexity index is 800. The van der Waals surface area contributed by atoms with E-state index in [0.717, 1.165) is 19.3 Å². The van der Waals surface area contributed by atoms with Gasteiger partial charge in [0.05, 0.1) is 11.7 Å². The Morgan fingerprint density at radius 1 is 1.00 bits per heavy atom. The van der Waals surface area contributed by atoms with Crippen LogP contribution in [0.3, 0.4) is 0 Å². The second-order valence-corrected chi connectivity index (χ2v) is 12.7. The molecule has 0 radical (unpaired) electrons. The van der Waals surface area contributed by atoms with Gasteiger partial charge >= 0.3 is 0 Å². The van der Waals surface area contributed by atoms with Crippen molar-refractivity contribution in [3.05, 3.63) is 23.8 Å². The smallest absolute Gasteiger partial charge is 0.110 e. The van der Waals surface area contributed by atoms with Gasteiger partial charge in [0.15, 0.2) is 0 Å². The zero-order valence-corrected chi connectivity index (χ0v) is 20.5. The van der Waals surface area contributed by atoms with E-state index in [1.807, 2.05) is 0 Å². The van der Waals surface area contributed by atoms with Crippen LogP contribution in [-0.2, 0) is 4.74 Å². The predicted octanol–water partition coefficient (Wildman–Crippen LogP) is 5.66. The lowest BCUT2D eigenvalue weighted by Crippen LogP contribution is -2.84. The summed E-state index contributed by atoms with van der Waals surface area (Å²) in [5.74, 6) is 3.10. The second kappa shape index (κ2) is 6.93. The summed E-state index contributed by atoms with van der Waals surface area (Å²) in [4.78, 5) is 0. The van der Waals surface area contributed by atoms with E-state index in [2.05, 4.69) is 59.8 Å². The van der Waals surface area contributed by atoms with Crippen LogP contribution >= 0.6 is 0 Å². The lowest BCUT2D eigenvalue weighted by molar-refractivity contribution is -0.417. The lowest BCUT2D eigenvalue weighted by Gasteiger charge is -2.78. The summed E-state index contributed by atoms with van der Waals surface area (Å²) in [7, 11) is 0. The van der Waals surface area contributed by atoms with E-state index in [9.17, 15) is 10.2 Å². The largest absolute Gasteiger partial charge is 0.393 e. The topological polar surface area (TPSA) is 49.7 Å². The van der Waals surface area contributed by atoms with E-state index < -0.39 is 11.7 Å². The number of rotatable bonds is 4. The van der Waals surface area contributed by atoms with Gasteiger partial charge in [0.2, 0.25) is 0 Å². The molecule has 2 heterocycles. The molecule has 2 N–H and O–H groups in total. The molecule has 0 unspecified atom stereocenters. The van der Waals surface area contributed by atoms with Crippen molar-refractivity contribution in [2.24, 2.45) is 40.4 Å². The lowest BCUT2D eigenvalue weighted by atomic mass is 9.39. The third-order valence-corrected chi connectivity index (χ3v) is 11.2. The van der Waals surface area contributed by atoms with Gasteiger partial charge < -0.3 is 14.9 Å². The van der Waals surface area contributed by atoms with Crippen molar-refractivity contribution in [3.8, 4) is 0 Å². The Morgan fingerprint density at radius 3 is 2.45 bits per heavy atom. The predicted molar refractivity (Wildman–Crippen MR) is 124 cm³/mol. The van der Waals surface area contributed by atoms with Crippen LogP contribution in [0.2, 0.25) is 0 Å². The Kier molecular flexibility index (Phi) is 4.96. The molecule has 6 aliphatic rings. The molecule has 0 aromatic heterocycles. The van der Waals surface area contributed by atoms with Crippen LogP contribution in [0.5, 0.6) is 0 Å². The van der Waals surface area contributed by atoms with Gasteiger partial charge in [0.1, 0.15) is 11.7 Å². The molecule has 3 nitrogen and oxygen atoms in total. The first-order chi connectivity index (χ1) is 14.5. The fraction of sp³-hybridized carbons (Fsp3) is 0.857. The minimum atomic E-state index is -0.588. The Hall–Kier alpha value is -0.640. The van der Waals surface area contributed by atoms with Gasteiger partial charge in [-0.1, -0.05) is 59.8 Å². The summed E-state index contributed by atoms with van der Waals surface area (Å²) < 4.78 is 6.81. The highest BCUT2D eigenvalue weighted by Gasteiger charge is 2.81. The van der Waals surface area contributed by atoms with E-state index in [1.165, 1.54) is 24.8 Å². The molecule has 4 fully saturated rings. The molecule has 2 bridgehead atoms. The number of aliphatic hydroxyl groups excluding tert-OH is 2. The summed E-state index contributed by atoms with van der Waals surface area (Å²) in [6.45, 7) is 14.2. The van der Waals surface area contributed by atoms with Gasteiger partial charge in [0, 0.05) is 11.8 Å². The van der Waals surface area contributed by atoms with Crippen molar-refractivity contribution in [1.82, 2.24) is 0 Å². The first kappa shape index (κ1) is 22.2. The molecule has 3 saturated carbocycles. The molecule has 3 heteroatoms. The third kappa shape index (κ3) is 2.63. The summed E-state index contributed by atoms with van der Waals surface area (Å²) >= 11 is 0. The van der Waals surface area contributed by atoms with Gasteiger partial charge in [-0.15, -0.1) is 0 Å². The molecular weight excluding hydrogens is 384 g/mol. The van der Waals surface area contributed by atoms with Gasteiger partial charge in [-0.2, -0.15) is 0 Å².